The fourth-order valence-corrected chi connectivity index (χ4v) is 1.69. The number of methoxy groups -OCH3 is 1. The molecule has 0 spiro atoms. The fraction of sp³-hybridized carbons (Fsp3) is 0.167. The number of halogens is 1. The third-order valence-electron chi connectivity index (χ3n) is 2.38. The standard InChI is InChI=1S/C12H10ClNO4/c1-17-12(16)10-3-2-9(18-10)11(15)7-4-5-14-6-8(7)13/h2-6,11,15H,1H3. The van der Waals surface area contributed by atoms with Crippen molar-refractivity contribution in [2.24, 2.45) is 0 Å². The highest BCUT2D eigenvalue weighted by molar-refractivity contribution is 6.31. The SMILES string of the molecule is COC(=O)c1ccc(C(O)c2ccncc2Cl)o1. The van der Waals surface area contributed by atoms with Crippen molar-refractivity contribution in [3.05, 3.63) is 52.7 Å². The molecule has 2 rings (SSSR count). The molecule has 94 valence electrons. The maximum atomic E-state index is 11.2. The van der Waals surface area contributed by atoms with Crippen LogP contribution in [0.3, 0.4) is 0 Å². The minimum absolute atomic E-state index is 0.0247. The molecule has 6 heteroatoms. The molecule has 0 saturated heterocycles. The second-order valence-corrected chi connectivity index (χ2v) is 3.90. The molecule has 1 unspecified atom stereocenters. The molecule has 1 atom stereocenters. The van der Waals surface area contributed by atoms with E-state index in [1.165, 1.54) is 31.6 Å². The van der Waals surface area contributed by atoms with Gasteiger partial charge in [-0.2, -0.15) is 0 Å². The summed E-state index contributed by atoms with van der Waals surface area (Å²) < 4.78 is 9.71. The van der Waals surface area contributed by atoms with Gasteiger partial charge in [0.15, 0.2) is 0 Å². The lowest BCUT2D eigenvalue weighted by molar-refractivity contribution is 0.0558. The third-order valence-corrected chi connectivity index (χ3v) is 2.70. The van der Waals surface area contributed by atoms with Crippen LogP contribution >= 0.6 is 11.6 Å². The zero-order valence-corrected chi connectivity index (χ0v) is 10.2. The van der Waals surface area contributed by atoms with Crippen molar-refractivity contribution in [1.82, 2.24) is 4.98 Å². The van der Waals surface area contributed by atoms with Gasteiger partial charge in [-0.1, -0.05) is 11.6 Å². The van der Waals surface area contributed by atoms with E-state index in [0.717, 1.165) is 0 Å². The van der Waals surface area contributed by atoms with Crippen molar-refractivity contribution in [1.29, 1.82) is 0 Å². The van der Waals surface area contributed by atoms with Crippen LogP contribution in [0.25, 0.3) is 0 Å². The van der Waals surface area contributed by atoms with Gasteiger partial charge in [-0.25, -0.2) is 4.79 Å². The topological polar surface area (TPSA) is 72.6 Å². The number of carbonyl (C=O) groups excluding carboxylic acids is 1. The molecule has 0 saturated carbocycles. The predicted molar refractivity (Wildman–Crippen MR) is 63.4 cm³/mol. The number of nitrogens with zero attached hydrogens (tertiary/aromatic N) is 1. The summed E-state index contributed by atoms with van der Waals surface area (Å²) in [6.07, 6.45) is 1.87. The molecule has 0 bridgehead atoms. The molecule has 0 amide bonds. The molecule has 0 aliphatic rings. The Hall–Kier alpha value is -1.85. The molecule has 1 N–H and O–H groups in total. The molecule has 2 aromatic rings. The quantitative estimate of drug-likeness (QED) is 0.863. The number of hydrogen-bond acceptors (Lipinski definition) is 5. The maximum Gasteiger partial charge on any atom is 0.373 e. The van der Waals surface area contributed by atoms with Gasteiger partial charge in [-0.05, 0) is 18.2 Å². The van der Waals surface area contributed by atoms with Crippen molar-refractivity contribution in [2.45, 2.75) is 6.10 Å². The van der Waals surface area contributed by atoms with Crippen molar-refractivity contribution in [2.75, 3.05) is 7.11 Å². The monoisotopic (exact) mass is 267 g/mol. The Kier molecular flexibility index (Phi) is 3.64. The van der Waals surface area contributed by atoms with Gasteiger partial charge in [0.25, 0.3) is 0 Å². The van der Waals surface area contributed by atoms with E-state index in [0.29, 0.717) is 10.6 Å². The van der Waals surface area contributed by atoms with Crippen LogP contribution in [0.4, 0.5) is 0 Å². The van der Waals surface area contributed by atoms with Crippen molar-refractivity contribution in [3.63, 3.8) is 0 Å². The van der Waals surface area contributed by atoms with Crippen LogP contribution in [0.1, 0.15) is 28.0 Å². The molecule has 2 aromatic heterocycles. The van der Waals surface area contributed by atoms with Crippen LogP contribution in [0, 0.1) is 0 Å². The Morgan fingerprint density at radius 3 is 2.94 bits per heavy atom. The number of rotatable bonds is 3. The number of aliphatic hydroxyl groups is 1. The smallest absolute Gasteiger partial charge is 0.373 e. The number of hydrogen-bond donors (Lipinski definition) is 1. The molecular formula is C12H10ClNO4. The summed E-state index contributed by atoms with van der Waals surface area (Å²) in [5.74, 6) is -0.366. The van der Waals surface area contributed by atoms with Crippen LogP contribution in [0.5, 0.6) is 0 Å². The molecule has 0 radical (unpaired) electrons. The zero-order chi connectivity index (χ0) is 13.1. The van der Waals surface area contributed by atoms with Gasteiger partial charge in [0.2, 0.25) is 5.76 Å². The summed E-state index contributed by atoms with van der Waals surface area (Å²) in [6.45, 7) is 0. The van der Waals surface area contributed by atoms with E-state index in [1.54, 1.807) is 6.07 Å². The van der Waals surface area contributed by atoms with Gasteiger partial charge in [0.05, 0.1) is 12.1 Å². The Morgan fingerprint density at radius 2 is 2.28 bits per heavy atom. The van der Waals surface area contributed by atoms with E-state index in [1.807, 2.05) is 0 Å². The first kappa shape index (κ1) is 12.6. The number of furan rings is 1. The average molecular weight is 268 g/mol. The summed E-state index contributed by atoms with van der Waals surface area (Å²) in [4.78, 5) is 15.0. The van der Waals surface area contributed by atoms with Gasteiger partial charge >= 0.3 is 5.97 Å². The molecule has 5 nitrogen and oxygen atoms in total. The van der Waals surface area contributed by atoms with Crippen LogP contribution in [-0.4, -0.2) is 23.2 Å². The molecule has 0 fully saturated rings. The Morgan fingerprint density at radius 1 is 1.50 bits per heavy atom. The third kappa shape index (κ3) is 2.37. The lowest BCUT2D eigenvalue weighted by Gasteiger charge is -2.09. The maximum absolute atomic E-state index is 11.2. The van der Waals surface area contributed by atoms with Gasteiger partial charge in [0.1, 0.15) is 11.9 Å². The van der Waals surface area contributed by atoms with Gasteiger partial charge in [-0.15, -0.1) is 0 Å². The Labute approximate surface area is 108 Å². The molecule has 0 aliphatic carbocycles. The zero-order valence-electron chi connectivity index (χ0n) is 9.46. The predicted octanol–water partition coefficient (Wildman–Crippen LogP) is 2.20. The number of aromatic nitrogens is 1. The Balaban J connectivity index is 2.29. The second kappa shape index (κ2) is 5.20. The number of aliphatic hydroxyl groups excluding tert-OH is 1. The van der Waals surface area contributed by atoms with E-state index in [-0.39, 0.29) is 11.5 Å². The number of ether oxygens (including phenoxy) is 1. The molecule has 0 aromatic carbocycles. The fourth-order valence-electron chi connectivity index (χ4n) is 1.47. The first-order valence-corrected chi connectivity index (χ1v) is 5.47. The summed E-state index contributed by atoms with van der Waals surface area (Å²) >= 11 is 5.91. The van der Waals surface area contributed by atoms with Gasteiger partial charge in [0, 0.05) is 18.0 Å². The summed E-state index contributed by atoms with van der Waals surface area (Å²) in [6, 6.07) is 4.50. The number of esters is 1. The molecular weight excluding hydrogens is 258 g/mol. The largest absolute Gasteiger partial charge is 0.463 e. The van der Waals surface area contributed by atoms with Gasteiger partial charge < -0.3 is 14.3 Å². The lowest BCUT2D eigenvalue weighted by atomic mass is 10.1. The van der Waals surface area contributed by atoms with Crippen molar-refractivity contribution in [3.8, 4) is 0 Å². The van der Waals surface area contributed by atoms with Crippen LogP contribution < -0.4 is 0 Å². The minimum atomic E-state index is -1.06. The van der Waals surface area contributed by atoms with Crippen molar-refractivity contribution < 1.29 is 19.1 Å². The van der Waals surface area contributed by atoms with Crippen molar-refractivity contribution >= 4 is 17.6 Å². The highest BCUT2D eigenvalue weighted by Gasteiger charge is 2.19. The molecule has 18 heavy (non-hydrogen) atoms. The van der Waals surface area contributed by atoms with Crippen LogP contribution in [0.2, 0.25) is 5.02 Å². The summed E-state index contributed by atoms with van der Waals surface area (Å²) in [7, 11) is 1.25. The summed E-state index contributed by atoms with van der Waals surface area (Å²) in [5.41, 5.74) is 0.456. The number of pyridine rings is 1. The molecule has 2 heterocycles. The Bertz CT molecular complexity index is 567. The summed E-state index contributed by atoms with van der Waals surface area (Å²) in [5, 5.41) is 10.4. The van der Waals surface area contributed by atoms with Gasteiger partial charge in [-0.3, -0.25) is 4.98 Å². The number of carbonyl (C=O) groups is 1. The highest BCUT2D eigenvalue weighted by atomic mass is 35.5. The van der Waals surface area contributed by atoms with E-state index in [9.17, 15) is 9.90 Å². The normalized spacial score (nSPS) is 12.2. The van der Waals surface area contributed by atoms with Crippen LogP contribution in [0.15, 0.2) is 35.0 Å². The lowest BCUT2D eigenvalue weighted by Crippen LogP contribution is -2.01. The second-order valence-electron chi connectivity index (χ2n) is 3.49. The minimum Gasteiger partial charge on any atom is -0.463 e. The average Bonchev–Trinajstić information content (AvgIpc) is 2.87. The van der Waals surface area contributed by atoms with E-state index < -0.39 is 12.1 Å². The van der Waals surface area contributed by atoms with E-state index in [2.05, 4.69) is 9.72 Å². The highest BCUT2D eigenvalue weighted by Crippen LogP contribution is 2.28. The van der Waals surface area contributed by atoms with E-state index >= 15 is 0 Å². The van der Waals surface area contributed by atoms with Crippen LogP contribution in [-0.2, 0) is 4.74 Å². The molecule has 0 aliphatic heterocycles. The first-order chi connectivity index (χ1) is 8.63. The van der Waals surface area contributed by atoms with E-state index in [4.69, 9.17) is 16.0 Å². The first-order valence-electron chi connectivity index (χ1n) is 5.09.